The van der Waals surface area contributed by atoms with Crippen molar-refractivity contribution in [3.05, 3.63) is 23.8 Å². The van der Waals surface area contributed by atoms with Crippen LogP contribution in [-0.4, -0.2) is 52.6 Å². The van der Waals surface area contributed by atoms with Gasteiger partial charge in [0.05, 0.1) is 30.2 Å². The summed E-state index contributed by atoms with van der Waals surface area (Å²) in [5.74, 6) is -0.0284. The van der Waals surface area contributed by atoms with Crippen molar-refractivity contribution < 1.29 is 22.7 Å². The van der Waals surface area contributed by atoms with Crippen molar-refractivity contribution in [1.29, 1.82) is 0 Å². The van der Waals surface area contributed by atoms with E-state index in [0.29, 0.717) is 19.0 Å². The maximum Gasteiger partial charge on any atom is 0.261 e. The number of likely N-dealkylation sites (N-methyl/N-ethyl adjacent to an activating group) is 1. The van der Waals surface area contributed by atoms with E-state index in [4.69, 9.17) is 20.2 Å². The zero-order valence-electron chi connectivity index (χ0n) is 11.7. The molecule has 1 aliphatic heterocycles. The Kier molecular flexibility index (Phi) is 4.75. The van der Waals surface area contributed by atoms with E-state index < -0.39 is 9.05 Å². The SMILES string of the molecule is COc1ccc(S(=O)(=O)Cl)cc1C(=O)N(C)C1CCOC1. The monoisotopic (exact) mass is 333 g/mol. The van der Waals surface area contributed by atoms with Crippen LogP contribution in [0.4, 0.5) is 0 Å². The van der Waals surface area contributed by atoms with E-state index in [1.165, 1.54) is 30.2 Å². The predicted molar refractivity (Wildman–Crippen MR) is 77.4 cm³/mol. The van der Waals surface area contributed by atoms with Crippen LogP contribution in [0.15, 0.2) is 23.1 Å². The number of halogens is 1. The lowest BCUT2D eigenvalue weighted by molar-refractivity contribution is 0.0707. The molecule has 1 atom stereocenters. The first-order valence-electron chi connectivity index (χ1n) is 6.32. The molecule has 1 fully saturated rings. The van der Waals surface area contributed by atoms with Gasteiger partial charge in [-0.25, -0.2) is 8.42 Å². The standard InChI is InChI=1S/C13H16ClNO5S/c1-15(9-5-6-20-8-9)13(16)11-7-10(21(14,17)18)3-4-12(11)19-2/h3-4,7,9H,5-6,8H2,1-2H3. The quantitative estimate of drug-likeness (QED) is 0.780. The Hall–Kier alpha value is -1.31. The number of hydrogen-bond acceptors (Lipinski definition) is 5. The van der Waals surface area contributed by atoms with E-state index in [0.717, 1.165) is 6.42 Å². The summed E-state index contributed by atoms with van der Waals surface area (Å²) in [5, 5.41) is 0. The van der Waals surface area contributed by atoms with Gasteiger partial charge in [0.1, 0.15) is 5.75 Å². The van der Waals surface area contributed by atoms with Gasteiger partial charge in [-0.1, -0.05) is 0 Å². The van der Waals surface area contributed by atoms with Gasteiger partial charge in [-0.05, 0) is 24.6 Å². The number of carbonyl (C=O) groups is 1. The highest BCUT2D eigenvalue weighted by molar-refractivity contribution is 8.13. The summed E-state index contributed by atoms with van der Waals surface area (Å²) in [5.41, 5.74) is 0.161. The zero-order valence-corrected chi connectivity index (χ0v) is 13.3. The van der Waals surface area contributed by atoms with Crippen LogP contribution < -0.4 is 4.74 Å². The van der Waals surface area contributed by atoms with Crippen molar-refractivity contribution >= 4 is 25.6 Å². The number of ether oxygens (including phenoxy) is 2. The number of nitrogens with zero attached hydrogens (tertiary/aromatic N) is 1. The summed E-state index contributed by atoms with van der Waals surface area (Å²) in [6, 6.07) is 3.92. The van der Waals surface area contributed by atoms with Gasteiger partial charge in [0, 0.05) is 24.3 Å². The van der Waals surface area contributed by atoms with Gasteiger partial charge in [-0.2, -0.15) is 0 Å². The third-order valence-corrected chi connectivity index (χ3v) is 4.81. The fourth-order valence-corrected chi connectivity index (χ4v) is 2.97. The molecule has 6 nitrogen and oxygen atoms in total. The molecule has 1 heterocycles. The summed E-state index contributed by atoms with van der Waals surface area (Å²) in [6.45, 7) is 1.08. The summed E-state index contributed by atoms with van der Waals surface area (Å²) in [4.78, 5) is 13.9. The Morgan fingerprint density at radius 2 is 2.19 bits per heavy atom. The van der Waals surface area contributed by atoms with E-state index in [2.05, 4.69) is 0 Å². The fraction of sp³-hybridized carbons (Fsp3) is 0.462. The molecule has 0 N–H and O–H groups in total. The largest absolute Gasteiger partial charge is 0.496 e. The van der Waals surface area contributed by atoms with Crippen LogP contribution in [0.2, 0.25) is 0 Å². The zero-order chi connectivity index (χ0) is 15.6. The molecule has 1 aliphatic rings. The highest BCUT2D eigenvalue weighted by Crippen LogP contribution is 2.26. The third-order valence-electron chi connectivity index (χ3n) is 3.46. The summed E-state index contributed by atoms with van der Waals surface area (Å²) in [7, 11) is 4.49. The van der Waals surface area contributed by atoms with Crippen molar-refractivity contribution in [1.82, 2.24) is 4.90 Å². The van der Waals surface area contributed by atoms with Crippen LogP contribution in [-0.2, 0) is 13.8 Å². The highest BCUT2D eigenvalue weighted by Gasteiger charge is 2.27. The molecular weight excluding hydrogens is 318 g/mol. The number of carbonyl (C=O) groups excluding carboxylic acids is 1. The van der Waals surface area contributed by atoms with E-state index in [1.807, 2.05) is 0 Å². The molecule has 0 radical (unpaired) electrons. The van der Waals surface area contributed by atoms with Crippen LogP contribution in [0.25, 0.3) is 0 Å². The lowest BCUT2D eigenvalue weighted by Crippen LogP contribution is -2.37. The predicted octanol–water partition coefficient (Wildman–Crippen LogP) is 1.48. The van der Waals surface area contributed by atoms with E-state index in [9.17, 15) is 13.2 Å². The van der Waals surface area contributed by atoms with Gasteiger partial charge in [0.25, 0.3) is 15.0 Å². The van der Waals surface area contributed by atoms with E-state index in [-0.39, 0.29) is 22.4 Å². The van der Waals surface area contributed by atoms with E-state index in [1.54, 1.807) is 7.05 Å². The van der Waals surface area contributed by atoms with Gasteiger partial charge >= 0.3 is 0 Å². The van der Waals surface area contributed by atoms with Crippen molar-refractivity contribution in [2.45, 2.75) is 17.4 Å². The first-order valence-corrected chi connectivity index (χ1v) is 8.63. The molecule has 116 valence electrons. The Morgan fingerprint density at radius 1 is 1.48 bits per heavy atom. The first kappa shape index (κ1) is 16.1. The van der Waals surface area contributed by atoms with Gasteiger partial charge in [-0.3, -0.25) is 4.79 Å². The molecule has 0 aromatic heterocycles. The van der Waals surface area contributed by atoms with Crippen LogP contribution in [0, 0.1) is 0 Å². The number of rotatable bonds is 4. The fourth-order valence-electron chi connectivity index (χ4n) is 2.19. The molecule has 0 saturated carbocycles. The van der Waals surface area contributed by atoms with Crippen molar-refractivity contribution in [2.75, 3.05) is 27.4 Å². The summed E-state index contributed by atoms with van der Waals surface area (Å²) in [6.07, 6.45) is 0.748. The smallest absolute Gasteiger partial charge is 0.261 e. The lowest BCUT2D eigenvalue weighted by atomic mass is 10.1. The molecule has 0 bridgehead atoms. The normalized spacial score (nSPS) is 18.5. The minimum atomic E-state index is -3.91. The third kappa shape index (κ3) is 3.48. The molecule has 1 saturated heterocycles. The number of methoxy groups -OCH3 is 1. The first-order chi connectivity index (χ1) is 9.84. The highest BCUT2D eigenvalue weighted by atomic mass is 35.7. The molecule has 1 amide bonds. The van der Waals surface area contributed by atoms with Gasteiger partial charge in [-0.15, -0.1) is 0 Å². The van der Waals surface area contributed by atoms with Crippen LogP contribution in [0.3, 0.4) is 0 Å². The van der Waals surface area contributed by atoms with Crippen LogP contribution in [0.1, 0.15) is 16.8 Å². The second-order valence-electron chi connectivity index (χ2n) is 4.73. The molecule has 0 spiro atoms. The average Bonchev–Trinajstić information content (AvgIpc) is 2.98. The Morgan fingerprint density at radius 3 is 2.71 bits per heavy atom. The molecule has 0 aliphatic carbocycles. The van der Waals surface area contributed by atoms with Crippen LogP contribution >= 0.6 is 10.7 Å². The van der Waals surface area contributed by atoms with Crippen molar-refractivity contribution in [3.63, 3.8) is 0 Å². The van der Waals surface area contributed by atoms with Gasteiger partial charge in [0.15, 0.2) is 0 Å². The summed E-state index contributed by atoms with van der Waals surface area (Å²) >= 11 is 0. The molecule has 1 aromatic rings. The summed E-state index contributed by atoms with van der Waals surface area (Å²) < 4.78 is 33.2. The Bertz CT molecular complexity index is 640. The number of benzene rings is 1. The maximum atomic E-state index is 12.5. The van der Waals surface area contributed by atoms with E-state index >= 15 is 0 Å². The second-order valence-corrected chi connectivity index (χ2v) is 7.30. The average molecular weight is 334 g/mol. The second kappa shape index (κ2) is 6.21. The molecule has 2 rings (SSSR count). The molecule has 8 heteroatoms. The minimum absolute atomic E-state index is 0.0292. The minimum Gasteiger partial charge on any atom is -0.496 e. The van der Waals surface area contributed by atoms with Gasteiger partial charge < -0.3 is 14.4 Å². The van der Waals surface area contributed by atoms with Gasteiger partial charge in [0.2, 0.25) is 0 Å². The Balaban J connectivity index is 2.38. The number of hydrogen-bond donors (Lipinski definition) is 0. The molecule has 1 unspecified atom stereocenters. The molecule has 21 heavy (non-hydrogen) atoms. The Labute approximate surface area is 128 Å². The van der Waals surface area contributed by atoms with Crippen LogP contribution in [0.5, 0.6) is 5.75 Å². The molecular formula is C13H16ClNO5S. The van der Waals surface area contributed by atoms with Crippen molar-refractivity contribution in [3.8, 4) is 5.75 Å². The maximum absolute atomic E-state index is 12.5. The molecule has 1 aromatic carbocycles. The van der Waals surface area contributed by atoms with Crippen molar-refractivity contribution in [2.24, 2.45) is 0 Å². The number of amides is 1. The topological polar surface area (TPSA) is 72.9 Å². The lowest BCUT2D eigenvalue weighted by Gasteiger charge is -2.24.